The molecule has 3 aromatic heterocycles. The van der Waals surface area contributed by atoms with Gasteiger partial charge in [-0.05, 0) is 64.2 Å². The predicted molar refractivity (Wildman–Crippen MR) is 148 cm³/mol. The number of amides is 1. The fraction of sp³-hybridized carbons (Fsp3) is 0.552. The van der Waals surface area contributed by atoms with Gasteiger partial charge in [0.2, 0.25) is 11.8 Å². The number of nitrogens with zero attached hydrogens (tertiary/aromatic N) is 6. The molecule has 3 N–H and O–H groups in total. The lowest BCUT2D eigenvalue weighted by atomic mass is 9.96. The molecule has 206 valence electrons. The first-order valence-corrected chi connectivity index (χ1v) is 14.0. The molecule has 0 spiro atoms. The number of hydrogen-bond donors (Lipinski definition) is 2. The number of nitrogens with two attached hydrogens (primary N) is 1. The number of aromatic nitrogens is 5. The van der Waals surface area contributed by atoms with E-state index in [0.717, 1.165) is 11.4 Å². The molecule has 3 aromatic rings. The molecule has 0 bridgehead atoms. The lowest BCUT2D eigenvalue weighted by Crippen LogP contribution is -2.33. The first-order valence-electron chi connectivity index (χ1n) is 14.0. The molecular formula is C29H38N8O2. The monoisotopic (exact) mass is 530 g/mol. The smallest absolute Gasteiger partial charge is 0.257 e. The Bertz CT molecular complexity index is 1330. The highest BCUT2D eigenvalue weighted by Crippen LogP contribution is 2.48. The summed E-state index contributed by atoms with van der Waals surface area (Å²) in [6, 6.07) is 6.11. The Balaban J connectivity index is 1.11. The summed E-state index contributed by atoms with van der Waals surface area (Å²) in [6.45, 7) is 9.40. The third-order valence-electron chi connectivity index (χ3n) is 8.57. The van der Waals surface area contributed by atoms with Crippen LogP contribution in [0, 0.1) is 24.7 Å². The number of carbonyl (C=O) groups excluding carboxylic acids is 1. The van der Waals surface area contributed by atoms with Crippen LogP contribution in [0.15, 0.2) is 36.8 Å². The Morgan fingerprint density at radius 1 is 1.15 bits per heavy atom. The number of pyridine rings is 1. The molecule has 10 nitrogen and oxygen atoms in total. The van der Waals surface area contributed by atoms with E-state index in [1.165, 1.54) is 25.7 Å². The van der Waals surface area contributed by atoms with Crippen molar-refractivity contribution in [1.29, 1.82) is 0 Å². The number of likely N-dealkylation sites (tertiary alicyclic amines) is 1. The maximum Gasteiger partial charge on any atom is 0.257 e. The second-order valence-electron chi connectivity index (χ2n) is 12.0. The number of ether oxygens (including phenoxy) is 1. The van der Waals surface area contributed by atoms with Gasteiger partial charge in [0.25, 0.3) is 5.91 Å². The van der Waals surface area contributed by atoms with E-state index in [1.54, 1.807) is 29.3 Å². The van der Waals surface area contributed by atoms with Crippen molar-refractivity contribution in [2.75, 3.05) is 18.4 Å². The van der Waals surface area contributed by atoms with Crippen LogP contribution in [0.5, 0.6) is 5.88 Å². The molecule has 1 aliphatic heterocycles. The summed E-state index contributed by atoms with van der Waals surface area (Å²) in [5, 5.41) is 8.07. The van der Waals surface area contributed by atoms with E-state index in [2.05, 4.69) is 33.4 Å². The highest BCUT2D eigenvalue weighted by Gasteiger charge is 2.59. The van der Waals surface area contributed by atoms with Gasteiger partial charge in [0.05, 0.1) is 11.3 Å². The zero-order chi connectivity index (χ0) is 27.3. The van der Waals surface area contributed by atoms with Crippen LogP contribution in [-0.2, 0) is 5.54 Å². The lowest BCUT2D eigenvalue weighted by molar-refractivity contribution is 0.0751. The van der Waals surface area contributed by atoms with Crippen LogP contribution in [0.4, 0.5) is 5.82 Å². The van der Waals surface area contributed by atoms with Crippen molar-refractivity contribution >= 4 is 11.7 Å². The van der Waals surface area contributed by atoms with E-state index in [4.69, 9.17) is 15.5 Å². The molecule has 2 saturated carbocycles. The van der Waals surface area contributed by atoms with Crippen molar-refractivity contribution < 1.29 is 9.53 Å². The van der Waals surface area contributed by atoms with E-state index < -0.39 is 5.54 Å². The molecule has 3 aliphatic rings. The minimum Gasteiger partial charge on any atom is -0.474 e. The van der Waals surface area contributed by atoms with Crippen molar-refractivity contribution in [3.8, 4) is 11.8 Å². The number of piperidine rings is 1. The zero-order valence-corrected chi connectivity index (χ0v) is 23.2. The molecule has 10 heteroatoms. The molecule has 4 heterocycles. The van der Waals surface area contributed by atoms with E-state index in [0.29, 0.717) is 60.0 Å². The molecule has 0 aromatic carbocycles. The van der Waals surface area contributed by atoms with Crippen molar-refractivity contribution in [2.24, 2.45) is 23.5 Å². The summed E-state index contributed by atoms with van der Waals surface area (Å²) in [7, 11) is 0. The first kappa shape index (κ1) is 25.7. The van der Waals surface area contributed by atoms with Gasteiger partial charge in [-0.25, -0.2) is 14.6 Å². The van der Waals surface area contributed by atoms with Crippen LogP contribution in [0.25, 0.3) is 5.95 Å². The predicted octanol–water partition coefficient (Wildman–Crippen LogP) is 3.70. The van der Waals surface area contributed by atoms with Crippen molar-refractivity contribution in [3.05, 3.63) is 53.6 Å². The molecule has 0 radical (unpaired) electrons. The number of aryl methyl sites for hydroxylation is 1. The molecular weight excluding hydrogens is 492 g/mol. The quantitative estimate of drug-likeness (QED) is 0.452. The van der Waals surface area contributed by atoms with Crippen LogP contribution in [-0.4, -0.2) is 60.8 Å². The second kappa shape index (κ2) is 9.89. The topological polar surface area (TPSA) is 124 Å². The Kier molecular flexibility index (Phi) is 6.53. The fourth-order valence-electron chi connectivity index (χ4n) is 6.12. The minimum absolute atomic E-state index is 0.0157. The average Bonchev–Trinajstić information content (AvgIpc) is 3.43. The van der Waals surface area contributed by atoms with E-state index in [1.807, 2.05) is 31.7 Å². The lowest BCUT2D eigenvalue weighted by Gasteiger charge is -2.25. The molecule has 6 rings (SSSR count). The largest absolute Gasteiger partial charge is 0.474 e. The van der Waals surface area contributed by atoms with E-state index in [9.17, 15) is 4.79 Å². The van der Waals surface area contributed by atoms with Crippen LogP contribution in [0.2, 0.25) is 0 Å². The Hall–Kier alpha value is -3.53. The Morgan fingerprint density at radius 3 is 2.51 bits per heavy atom. The number of carbonyl (C=O) groups is 1. The van der Waals surface area contributed by atoms with E-state index in [-0.39, 0.29) is 12.0 Å². The van der Waals surface area contributed by atoms with Crippen LogP contribution < -0.4 is 15.8 Å². The average molecular weight is 531 g/mol. The third-order valence-corrected chi connectivity index (χ3v) is 8.57. The number of anilines is 1. The van der Waals surface area contributed by atoms with Gasteiger partial charge in [0, 0.05) is 61.2 Å². The molecule has 39 heavy (non-hydrogen) atoms. The van der Waals surface area contributed by atoms with Gasteiger partial charge in [-0.2, -0.15) is 10.1 Å². The summed E-state index contributed by atoms with van der Waals surface area (Å²) >= 11 is 0. The zero-order valence-electron chi connectivity index (χ0n) is 23.2. The van der Waals surface area contributed by atoms with Gasteiger partial charge in [-0.1, -0.05) is 12.8 Å². The van der Waals surface area contributed by atoms with Gasteiger partial charge in [-0.3, -0.25) is 4.79 Å². The van der Waals surface area contributed by atoms with E-state index >= 15 is 0 Å². The molecule has 2 unspecified atom stereocenters. The minimum atomic E-state index is -0.510. The third kappa shape index (κ3) is 5.22. The molecule has 4 atom stereocenters. The van der Waals surface area contributed by atoms with Crippen molar-refractivity contribution in [1.82, 2.24) is 29.6 Å². The standard InChI is InChI=1S/C29H38N8O2/c1-17(19-8-5-6-9-19)33-24-12-20(29(3,4)30)13-25(34-24)39-26-22-14-36(15-23(22)26)27(38)21-16-37(35-18(21)2)28-31-10-7-11-32-28/h7,10-13,16-17,19,22-23,26H,5-6,8-9,14-15,30H2,1-4H3,(H,33,34)/t17?,22-,23+,26?. The van der Waals surface area contributed by atoms with Crippen LogP contribution in [0.3, 0.4) is 0 Å². The molecule has 1 saturated heterocycles. The summed E-state index contributed by atoms with van der Waals surface area (Å²) in [6.07, 6.45) is 10.2. The molecule has 3 fully saturated rings. The summed E-state index contributed by atoms with van der Waals surface area (Å²) in [4.78, 5) is 28.5. The molecule has 2 aliphatic carbocycles. The van der Waals surface area contributed by atoms with Gasteiger partial charge >= 0.3 is 0 Å². The van der Waals surface area contributed by atoms with Crippen molar-refractivity contribution in [3.63, 3.8) is 0 Å². The summed E-state index contributed by atoms with van der Waals surface area (Å²) < 4.78 is 7.98. The SMILES string of the molecule is Cc1nn(-c2ncccn2)cc1C(=O)N1C[C@@H]2C(Oc3cc(C(C)(C)N)cc(NC(C)C4CCCC4)n3)[C@@H]2C1. The molecule has 1 amide bonds. The van der Waals surface area contributed by atoms with Gasteiger partial charge < -0.3 is 20.7 Å². The Morgan fingerprint density at radius 2 is 1.85 bits per heavy atom. The number of nitrogens with one attached hydrogen (secondary N) is 1. The maximum absolute atomic E-state index is 13.3. The maximum atomic E-state index is 13.3. The number of fused-ring (bicyclic) bond motifs is 1. The van der Waals surface area contributed by atoms with Crippen LogP contribution >= 0.6 is 0 Å². The van der Waals surface area contributed by atoms with Gasteiger partial charge in [-0.15, -0.1) is 0 Å². The fourth-order valence-corrected chi connectivity index (χ4v) is 6.12. The summed E-state index contributed by atoms with van der Waals surface area (Å²) in [5.41, 5.74) is 8.20. The normalized spacial score (nSPS) is 23.5. The van der Waals surface area contributed by atoms with Gasteiger partial charge in [0.1, 0.15) is 11.9 Å². The van der Waals surface area contributed by atoms with Crippen molar-refractivity contribution in [2.45, 2.75) is 71.1 Å². The highest BCUT2D eigenvalue weighted by atomic mass is 16.5. The number of hydrogen-bond acceptors (Lipinski definition) is 8. The Labute approximate surface area is 229 Å². The first-order chi connectivity index (χ1) is 18.7. The number of rotatable bonds is 8. The summed E-state index contributed by atoms with van der Waals surface area (Å²) in [5.74, 6) is 3.12. The second-order valence-corrected chi connectivity index (χ2v) is 12.0. The van der Waals surface area contributed by atoms with Crippen LogP contribution in [0.1, 0.15) is 68.1 Å². The van der Waals surface area contributed by atoms with Gasteiger partial charge in [0.15, 0.2) is 0 Å². The highest BCUT2D eigenvalue weighted by molar-refractivity contribution is 5.95.